The number of aryl methyl sites for hydroxylation is 1. The molecule has 7 heteroatoms. The van der Waals surface area contributed by atoms with Crippen molar-refractivity contribution in [3.05, 3.63) is 65.7 Å². The molecule has 140 valence electrons. The second-order valence-electron chi connectivity index (χ2n) is 6.15. The number of anilines is 1. The summed E-state index contributed by atoms with van der Waals surface area (Å²) < 4.78 is 0.845. The van der Waals surface area contributed by atoms with Gasteiger partial charge in [0.05, 0.1) is 16.8 Å². The van der Waals surface area contributed by atoms with Crippen molar-refractivity contribution >= 4 is 45.0 Å². The zero-order chi connectivity index (χ0) is 19.5. The van der Waals surface area contributed by atoms with Crippen molar-refractivity contribution in [2.45, 2.75) is 18.2 Å². The Labute approximate surface area is 171 Å². The van der Waals surface area contributed by atoms with Crippen molar-refractivity contribution in [3.63, 3.8) is 0 Å². The molecule has 0 radical (unpaired) electrons. The maximum atomic E-state index is 13.1. The van der Waals surface area contributed by atoms with E-state index in [4.69, 9.17) is 4.98 Å². The molecule has 2 heterocycles. The van der Waals surface area contributed by atoms with Gasteiger partial charge in [-0.15, -0.1) is 10.2 Å². The summed E-state index contributed by atoms with van der Waals surface area (Å²) in [6.07, 6.45) is 0. The number of aromatic nitrogens is 3. The molecule has 0 aliphatic heterocycles. The molecular formula is C21H18N4OS2. The average Bonchev–Trinajstić information content (AvgIpc) is 3.14. The lowest BCUT2D eigenvalue weighted by molar-refractivity contribution is 0.102. The fourth-order valence-electron chi connectivity index (χ4n) is 2.97. The topological polar surface area (TPSA) is 67.8 Å². The van der Waals surface area contributed by atoms with E-state index in [1.54, 1.807) is 11.8 Å². The summed E-state index contributed by atoms with van der Waals surface area (Å²) in [6, 6.07) is 17.6. The quantitative estimate of drug-likeness (QED) is 0.354. The highest BCUT2D eigenvalue weighted by Crippen LogP contribution is 2.29. The summed E-state index contributed by atoms with van der Waals surface area (Å²) in [5, 5.41) is 12.4. The van der Waals surface area contributed by atoms with Gasteiger partial charge in [-0.05, 0) is 30.4 Å². The number of nitrogens with one attached hydrogen (secondary N) is 1. The van der Waals surface area contributed by atoms with Gasteiger partial charge in [-0.3, -0.25) is 10.1 Å². The minimum Gasteiger partial charge on any atom is -0.296 e. The maximum absolute atomic E-state index is 13.1. The number of thioether (sulfide) groups is 1. The number of rotatable bonds is 5. The Bertz CT molecular complexity index is 1160. The lowest BCUT2D eigenvalue weighted by atomic mass is 10.0. The minimum atomic E-state index is -0.211. The number of pyridine rings is 1. The van der Waals surface area contributed by atoms with Gasteiger partial charge in [-0.2, -0.15) is 0 Å². The molecule has 0 bridgehead atoms. The summed E-state index contributed by atoms with van der Waals surface area (Å²) in [7, 11) is 0. The Morgan fingerprint density at radius 1 is 1.11 bits per heavy atom. The molecular weight excluding hydrogens is 388 g/mol. The van der Waals surface area contributed by atoms with Gasteiger partial charge in [0.2, 0.25) is 5.13 Å². The van der Waals surface area contributed by atoms with Crippen LogP contribution in [-0.4, -0.2) is 26.8 Å². The molecule has 1 N–H and O–H groups in total. The van der Waals surface area contributed by atoms with Crippen molar-refractivity contribution < 1.29 is 4.79 Å². The van der Waals surface area contributed by atoms with Crippen LogP contribution in [0.5, 0.6) is 0 Å². The van der Waals surface area contributed by atoms with Gasteiger partial charge in [-0.1, -0.05) is 72.5 Å². The second kappa shape index (κ2) is 8.08. The average molecular weight is 407 g/mol. The summed E-state index contributed by atoms with van der Waals surface area (Å²) in [5.41, 5.74) is 4.26. The summed E-state index contributed by atoms with van der Waals surface area (Å²) >= 11 is 2.99. The van der Waals surface area contributed by atoms with Gasteiger partial charge in [0, 0.05) is 10.9 Å². The highest BCUT2D eigenvalue weighted by atomic mass is 32.2. The minimum absolute atomic E-state index is 0.211. The van der Waals surface area contributed by atoms with Gasteiger partial charge < -0.3 is 0 Å². The van der Waals surface area contributed by atoms with Crippen molar-refractivity contribution in [2.75, 3.05) is 11.1 Å². The largest absolute Gasteiger partial charge is 0.296 e. The number of benzene rings is 2. The first-order valence-electron chi connectivity index (χ1n) is 8.89. The number of fused-ring (bicyclic) bond motifs is 1. The van der Waals surface area contributed by atoms with E-state index in [1.165, 1.54) is 11.3 Å². The van der Waals surface area contributed by atoms with Crippen LogP contribution in [0, 0.1) is 6.92 Å². The molecule has 5 nitrogen and oxygen atoms in total. The first-order valence-corrected chi connectivity index (χ1v) is 10.7. The molecule has 0 aliphatic rings. The molecule has 2 aromatic carbocycles. The molecule has 0 saturated heterocycles. The molecule has 0 fully saturated rings. The van der Waals surface area contributed by atoms with Crippen LogP contribution in [0.1, 0.15) is 22.8 Å². The van der Waals surface area contributed by atoms with Gasteiger partial charge in [0.1, 0.15) is 0 Å². The smallest absolute Gasteiger partial charge is 0.258 e. The standard InChI is InChI=1S/C21H18N4OS2/c1-3-27-21-25-24-20(28-21)23-19(26)16-12-18(14-9-5-4-8-13(14)2)22-17-11-7-6-10-15(16)17/h4-12H,3H2,1-2H3,(H,23,24,26). The van der Waals surface area contributed by atoms with Crippen LogP contribution in [0.3, 0.4) is 0 Å². The van der Waals surface area contributed by atoms with Crippen LogP contribution in [0.2, 0.25) is 0 Å². The first-order chi connectivity index (χ1) is 13.7. The van der Waals surface area contributed by atoms with Crippen LogP contribution in [0.4, 0.5) is 5.13 Å². The van der Waals surface area contributed by atoms with E-state index < -0.39 is 0 Å². The lowest BCUT2D eigenvalue weighted by Crippen LogP contribution is -2.13. The van der Waals surface area contributed by atoms with E-state index in [1.807, 2.05) is 61.5 Å². The lowest BCUT2D eigenvalue weighted by Gasteiger charge is -2.11. The van der Waals surface area contributed by atoms with Crippen LogP contribution in [0.15, 0.2) is 58.9 Å². The van der Waals surface area contributed by atoms with Gasteiger partial charge in [0.25, 0.3) is 5.91 Å². The van der Waals surface area contributed by atoms with Crippen LogP contribution >= 0.6 is 23.1 Å². The zero-order valence-corrected chi connectivity index (χ0v) is 17.1. The highest BCUT2D eigenvalue weighted by Gasteiger charge is 2.16. The van der Waals surface area contributed by atoms with Crippen molar-refractivity contribution in [1.29, 1.82) is 0 Å². The van der Waals surface area contributed by atoms with E-state index in [0.717, 1.165) is 37.8 Å². The molecule has 4 rings (SSSR count). The third-order valence-corrected chi connectivity index (χ3v) is 6.13. The Morgan fingerprint density at radius 3 is 2.71 bits per heavy atom. The van der Waals surface area contributed by atoms with Crippen molar-refractivity contribution in [2.24, 2.45) is 0 Å². The molecule has 28 heavy (non-hydrogen) atoms. The van der Waals surface area contributed by atoms with E-state index in [-0.39, 0.29) is 5.91 Å². The number of amides is 1. The van der Waals surface area contributed by atoms with Gasteiger partial charge >= 0.3 is 0 Å². The van der Waals surface area contributed by atoms with Crippen LogP contribution in [-0.2, 0) is 0 Å². The third-order valence-electron chi connectivity index (χ3n) is 4.28. The third kappa shape index (κ3) is 3.76. The highest BCUT2D eigenvalue weighted by molar-refractivity contribution is 8.01. The number of hydrogen-bond donors (Lipinski definition) is 1. The second-order valence-corrected chi connectivity index (χ2v) is 8.64. The molecule has 0 atom stereocenters. The number of hydrogen-bond acceptors (Lipinski definition) is 6. The van der Waals surface area contributed by atoms with E-state index in [9.17, 15) is 4.79 Å². The molecule has 0 saturated carbocycles. The molecule has 1 amide bonds. The number of para-hydroxylation sites is 1. The number of carbonyl (C=O) groups excluding carboxylic acids is 1. The summed E-state index contributed by atoms with van der Waals surface area (Å²) in [5.74, 6) is 0.704. The molecule has 0 aliphatic carbocycles. The predicted molar refractivity (Wildman–Crippen MR) is 116 cm³/mol. The Hall–Kier alpha value is -2.77. The fraction of sp³-hybridized carbons (Fsp3) is 0.143. The molecule has 0 spiro atoms. The Morgan fingerprint density at radius 2 is 1.89 bits per heavy atom. The zero-order valence-electron chi connectivity index (χ0n) is 15.5. The first kappa shape index (κ1) is 18.6. The van der Waals surface area contributed by atoms with Crippen molar-refractivity contribution in [1.82, 2.24) is 15.2 Å². The van der Waals surface area contributed by atoms with Crippen LogP contribution in [0.25, 0.3) is 22.2 Å². The monoisotopic (exact) mass is 406 g/mol. The normalized spacial score (nSPS) is 10.9. The predicted octanol–water partition coefficient (Wildman–Crippen LogP) is 5.43. The Balaban J connectivity index is 1.76. The summed E-state index contributed by atoms with van der Waals surface area (Å²) in [6.45, 7) is 4.10. The van der Waals surface area contributed by atoms with Crippen LogP contribution < -0.4 is 5.32 Å². The maximum Gasteiger partial charge on any atom is 0.258 e. The van der Waals surface area contributed by atoms with E-state index in [0.29, 0.717) is 10.7 Å². The molecule has 2 aromatic heterocycles. The Kier molecular flexibility index (Phi) is 5.36. The van der Waals surface area contributed by atoms with Gasteiger partial charge in [0.15, 0.2) is 4.34 Å². The van der Waals surface area contributed by atoms with E-state index >= 15 is 0 Å². The SMILES string of the molecule is CCSc1nnc(NC(=O)c2cc(-c3ccccc3C)nc3ccccc23)s1. The number of carbonyl (C=O) groups is 1. The van der Waals surface area contributed by atoms with E-state index in [2.05, 4.69) is 22.4 Å². The van der Waals surface area contributed by atoms with Crippen molar-refractivity contribution in [3.8, 4) is 11.3 Å². The molecule has 0 unspecified atom stereocenters. The molecule has 4 aromatic rings. The number of nitrogens with zero attached hydrogens (tertiary/aromatic N) is 3. The summed E-state index contributed by atoms with van der Waals surface area (Å²) in [4.78, 5) is 17.8. The fourth-order valence-corrected chi connectivity index (χ4v) is 4.61. The van der Waals surface area contributed by atoms with Gasteiger partial charge in [-0.25, -0.2) is 4.98 Å².